The molecule has 0 aliphatic carbocycles. The van der Waals surface area contributed by atoms with Crippen molar-refractivity contribution in [1.29, 1.82) is 0 Å². The highest BCUT2D eigenvalue weighted by Crippen LogP contribution is 2.28. The Bertz CT molecular complexity index is 1480. The molecule has 3 heterocycles. The second kappa shape index (κ2) is 12.7. The Labute approximate surface area is 235 Å². The standard InChI is InChI=1S/C31H36N8O/c1-38(2)17-5-8-28(40)35-27-7-4-6-22(20-27)29-30-23(13-16-32-29)21-33-31(37-30)36-25-11-9-24(10-12-25)34-26-14-18-39(3)19-15-26/h4-13,16,20-21,26,34H,14-15,17-19H2,1-3H3,(H,35,40)(H,33,36,37). The van der Waals surface area contributed by atoms with E-state index in [4.69, 9.17) is 4.98 Å². The highest BCUT2D eigenvalue weighted by atomic mass is 16.1. The number of anilines is 4. The Morgan fingerprint density at radius 2 is 1.80 bits per heavy atom. The van der Waals surface area contributed by atoms with Gasteiger partial charge in [0.1, 0.15) is 5.52 Å². The number of piperidine rings is 1. The summed E-state index contributed by atoms with van der Waals surface area (Å²) in [5.41, 5.74) is 5.03. The van der Waals surface area contributed by atoms with Crippen LogP contribution in [0.4, 0.5) is 23.0 Å². The summed E-state index contributed by atoms with van der Waals surface area (Å²) in [7, 11) is 6.09. The number of aromatic nitrogens is 3. The third-order valence-electron chi connectivity index (χ3n) is 6.87. The van der Waals surface area contributed by atoms with E-state index in [1.165, 1.54) is 0 Å². The molecule has 1 amide bonds. The Hall–Kier alpha value is -4.34. The number of nitrogens with zero attached hydrogens (tertiary/aromatic N) is 5. The van der Waals surface area contributed by atoms with Gasteiger partial charge in [-0.1, -0.05) is 18.2 Å². The minimum Gasteiger partial charge on any atom is -0.382 e. The van der Waals surface area contributed by atoms with Gasteiger partial charge in [0.05, 0.1) is 5.69 Å². The molecule has 0 bridgehead atoms. The Balaban J connectivity index is 1.30. The summed E-state index contributed by atoms with van der Waals surface area (Å²) in [6.45, 7) is 2.95. The smallest absolute Gasteiger partial charge is 0.248 e. The van der Waals surface area contributed by atoms with E-state index in [0.29, 0.717) is 24.2 Å². The molecule has 1 aliphatic rings. The van der Waals surface area contributed by atoms with Gasteiger partial charge in [0.25, 0.3) is 0 Å². The van der Waals surface area contributed by atoms with Crippen molar-refractivity contribution in [3.05, 3.63) is 79.1 Å². The van der Waals surface area contributed by atoms with E-state index >= 15 is 0 Å². The van der Waals surface area contributed by atoms with Crippen LogP contribution in [0.5, 0.6) is 0 Å². The fourth-order valence-electron chi connectivity index (χ4n) is 4.69. The van der Waals surface area contributed by atoms with Crippen molar-refractivity contribution in [2.45, 2.75) is 18.9 Å². The SMILES string of the molecule is CN(C)CC=CC(=O)Nc1cccc(-c2nccc3cnc(Nc4ccc(NC5CCN(C)CC5)cc4)nc23)c1. The quantitative estimate of drug-likeness (QED) is 0.257. The van der Waals surface area contributed by atoms with Crippen molar-refractivity contribution in [3.8, 4) is 11.3 Å². The van der Waals surface area contributed by atoms with Crippen LogP contribution < -0.4 is 16.0 Å². The maximum Gasteiger partial charge on any atom is 0.248 e. The molecule has 2 aromatic carbocycles. The van der Waals surface area contributed by atoms with Crippen LogP contribution in [0.15, 0.2) is 79.1 Å². The van der Waals surface area contributed by atoms with Crippen LogP contribution in [0.2, 0.25) is 0 Å². The van der Waals surface area contributed by atoms with Crippen molar-refractivity contribution in [1.82, 2.24) is 24.8 Å². The van der Waals surface area contributed by atoms with Crippen LogP contribution in [0.1, 0.15) is 12.8 Å². The second-order valence-electron chi connectivity index (χ2n) is 10.4. The lowest BCUT2D eigenvalue weighted by atomic mass is 10.1. The van der Waals surface area contributed by atoms with Gasteiger partial charge in [0.15, 0.2) is 0 Å². The highest BCUT2D eigenvalue weighted by Gasteiger charge is 2.16. The monoisotopic (exact) mass is 536 g/mol. The molecule has 9 nitrogen and oxygen atoms in total. The van der Waals surface area contributed by atoms with E-state index in [-0.39, 0.29) is 5.91 Å². The molecule has 0 unspecified atom stereocenters. The van der Waals surface area contributed by atoms with Crippen molar-refractivity contribution in [2.75, 3.05) is 56.7 Å². The molecule has 4 aromatic rings. The van der Waals surface area contributed by atoms with Crippen molar-refractivity contribution >= 4 is 39.8 Å². The molecule has 3 N–H and O–H groups in total. The van der Waals surface area contributed by atoms with Crippen LogP contribution in [-0.4, -0.2) is 77.5 Å². The molecule has 2 aromatic heterocycles. The summed E-state index contributed by atoms with van der Waals surface area (Å²) in [6.07, 6.45) is 9.23. The first-order valence-corrected chi connectivity index (χ1v) is 13.6. The molecular formula is C31H36N8O. The number of likely N-dealkylation sites (tertiary alicyclic amines) is 1. The maximum absolute atomic E-state index is 12.3. The van der Waals surface area contributed by atoms with Crippen molar-refractivity contribution in [2.24, 2.45) is 0 Å². The third kappa shape index (κ3) is 7.19. The summed E-state index contributed by atoms with van der Waals surface area (Å²) in [5.74, 6) is 0.319. The molecule has 0 radical (unpaired) electrons. The van der Waals surface area contributed by atoms with Gasteiger partial charge < -0.3 is 25.8 Å². The van der Waals surface area contributed by atoms with Crippen LogP contribution in [0.25, 0.3) is 22.2 Å². The maximum atomic E-state index is 12.3. The first-order valence-electron chi connectivity index (χ1n) is 13.6. The number of likely N-dealkylation sites (N-methyl/N-ethyl adjacent to an activating group) is 1. The third-order valence-corrected chi connectivity index (χ3v) is 6.87. The van der Waals surface area contributed by atoms with Gasteiger partial charge in [-0.3, -0.25) is 9.78 Å². The molecule has 0 spiro atoms. The average molecular weight is 537 g/mol. The zero-order valence-electron chi connectivity index (χ0n) is 23.3. The second-order valence-corrected chi connectivity index (χ2v) is 10.4. The largest absolute Gasteiger partial charge is 0.382 e. The van der Waals surface area contributed by atoms with Gasteiger partial charge in [-0.2, -0.15) is 0 Å². The molecule has 206 valence electrons. The Morgan fingerprint density at radius 3 is 2.58 bits per heavy atom. The molecule has 1 saturated heterocycles. The van der Waals surface area contributed by atoms with E-state index < -0.39 is 0 Å². The number of amides is 1. The van der Waals surface area contributed by atoms with E-state index in [1.54, 1.807) is 18.5 Å². The average Bonchev–Trinajstić information content (AvgIpc) is 2.95. The van der Waals surface area contributed by atoms with Gasteiger partial charge in [0.2, 0.25) is 11.9 Å². The molecule has 1 aliphatic heterocycles. The number of rotatable bonds is 9. The van der Waals surface area contributed by atoms with Crippen molar-refractivity contribution < 1.29 is 4.79 Å². The minimum absolute atomic E-state index is 0.175. The summed E-state index contributed by atoms with van der Waals surface area (Å²) in [5, 5.41) is 10.8. The van der Waals surface area contributed by atoms with Gasteiger partial charge >= 0.3 is 0 Å². The molecule has 0 atom stereocenters. The van der Waals surface area contributed by atoms with Crippen LogP contribution >= 0.6 is 0 Å². The minimum atomic E-state index is -0.175. The Morgan fingerprint density at radius 1 is 1.02 bits per heavy atom. The number of nitrogens with one attached hydrogen (secondary N) is 3. The first-order chi connectivity index (χ1) is 19.4. The predicted octanol–water partition coefficient (Wildman–Crippen LogP) is 5.00. The van der Waals surface area contributed by atoms with E-state index in [1.807, 2.05) is 67.5 Å². The van der Waals surface area contributed by atoms with Gasteiger partial charge in [-0.25, -0.2) is 9.97 Å². The van der Waals surface area contributed by atoms with E-state index in [2.05, 4.69) is 50.0 Å². The topological polar surface area (TPSA) is 98.3 Å². The first kappa shape index (κ1) is 27.2. The van der Waals surface area contributed by atoms with Crippen LogP contribution in [-0.2, 0) is 4.79 Å². The predicted molar refractivity (Wildman–Crippen MR) is 163 cm³/mol. The van der Waals surface area contributed by atoms with E-state index in [0.717, 1.165) is 59.5 Å². The zero-order chi connectivity index (χ0) is 27.9. The van der Waals surface area contributed by atoms with Gasteiger partial charge in [-0.15, -0.1) is 0 Å². The fraction of sp³-hybridized carbons (Fsp3) is 0.290. The summed E-state index contributed by atoms with van der Waals surface area (Å²) in [6, 6.07) is 18.3. The number of carbonyl (C=O) groups is 1. The fourth-order valence-corrected chi connectivity index (χ4v) is 4.69. The number of pyridine rings is 1. The molecular weight excluding hydrogens is 500 g/mol. The molecule has 1 fully saturated rings. The molecule has 5 rings (SSSR count). The number of hydrogen-bond donors (Lipinski definition) is 3. The number of benzene rings is 2. The summed E-state index contributed by atoms with van der Waals surface area (Å²) < 4.78 is 0. The lowest BCUT2D eigenvalue weighted by molar-refractivity contribution is -0.111. The number of hydrogen-bond acceptors (Lipinski definition) is 8. The summed E-state index contributed by atoms with van der Waals surface area (Å²) >= 11 is 0. The van der Waals surface area contributed by atoms with Crippen LogP contribution in [0.3, 0.4) is 0 Å². The Kier molecular flexibility index (Phi) is 8.63. The normalized spacial score (nSPS) is 14.6. The number of fused-ring (bicyclic) bond motifs is 1. The van der Waals surface area contributed by atoms with Gasteiger partial charge in [-0.05, 0) is 89.5 Å². The lowest BCUT2D eigenvalue weighted by Crippen LogP contribution is -2.36. The zero-order valence-corrected chi connectivity index (χ0v) is 23.3. The molecule has 0 saturated carbocycles. The molecule has 40 heavy (non-hydrogen) atoms. The van der Waals surface area contributed by atoms with Crippen molar-refractivity contribution in [3.63, 3.8) is 0 Å². The van der Waals surface area contributed by atoms with Gasteiger partial charge in [0, 0.05) is 59.1 Å². The van der Waals surface area contributed by atoms with Crippen LogP contribution in [0, 0.1) is 0 Å². The highest BCUT2D eigenvalue weighted by molar-refractivity contribution is 6.00. The number of carbonyl (C=O) groups excluding carboxylic acids is 1. The molecule has 9 heteroatoms. The lowest BCUT2D eigenvalue weighted by Gasteiger charge is -2.30. The summed E-state index contributed by atoms with van der Waals surface area (Å²) in [4.78, 5) is 30.7. The van der Waals surface area contributed by atoms with E-state index in [9.17, 15) is 4.79 Å².